The third-order valence-electron chi connectivity index (χ3n) is 2.35. The number of aromatic carboxylic acids is 1. The Kier molecular flexibility index (Phi) is 3.66. The molecule has 0 aliphatic rings. The summed E-state index contributed by atoms with van der Waals surface area (Å²) >= 11 is 3.22. The van der Waals surface area contributed by atoms with Gasteiger partial charge in [-0.1, -0.05) is 5.16 Å². The molecule has 2 aromatic rings. The lowest BCUT2D eigenvalue weighted by Gasteiger charge is -2.06. The van der Waals surface area contributed by atoms with E-state index in [0.29, 0.717) is 11.0 Å². The first-order valence-corrected chi connectivity index (χ1v) is 6.04. The van der Waals surface area contributed by atoms with Crippen LogP contribution in [0, 0.1) is 6.92 Å². The molecular weight excluding hydrogens is 300 g/mol. The number of anilines is 1. The minimum atomic E-state index is -0.958. The van der Waals surface area contributed by atoms with Crippen molar-refractivity contribution in [2.45, 2.75) is 13.5 Å². The topological polar surface area (TPSA) is 75.4 Å². The Labute approximate surface area is 112 Å². The minimum Gasteiger partial charge on any atom is -0.478 e. The predicted octanol–water partition coefficient (Wildman–Crippen LogP) is 3.06. The molecule has 0 bridgehead atoms. The van der Waals surface area contributed by atoms with Crippen molar-refractivity contribution < 1.29 is 14.4 Å². The van der Waals surface area contributed by atoms with Gasteiger partial charge in [-0.25, -0.2) is 4.79 Å². The first-order valence-electron chi connectivity index (χ1n) is 5.25. The van der Waals surface area contributed by atoms with Crippen LogP contribution in [-0.2, 0) is 6.54 Å². The van der Waals surface area contributed by atoms with E-state index in [1.54, 1.807) is 18.2 Å². The third-order valence-corrected chi connectivity index (χ3v) is 3.01. The molecular formula is C12H11BrN2O3. The molecule has 2 N–H and O–H groups in total. The van der Waals surface area contributed by atoms with Crippen LogP contribution in [0.3, 0.4) is 0 Å². The molecule has 1 aromatic carbocycles. The number of halogens is 1. The molecule has 18 heavy (non-hydrogen) atoms. The van der Waals surface area contributed by atoms with Gasteiger partial charge in [-0.3, -0.25) is 0 Å². The van der Waals surface area contributed by atoms with Gasteiger partial charge in [0, 0.05) is 16.2 Å². The molecule has 0 aliphatic carbocycles. The van der Waals surface area contributed by atoms with Crippen LogP contribution in [0.25, 0.3) is 0 Å². The number of rotatable bonds is 4. The fourth-order valence-corrected chi connectivity index (χ4v) is 2.04. The van der Waals surface area contributed by atoms with E-state index >= 15 is 0 Å². The molecule has 94 valence electrons. The number of carboxylic acids is 1. The van der Waals surface area contributed by atoms with Gasteiger partial charge in [0.2, 0.25) is 0 Å². The molecule has 0 aliphatic heterocycles. The Morgan fingerprint density at radius 1 is 1.50 bits per heavy atom. The highest BCUT2D eigenvalue weighted by atomic mass is 79.9. The number of carboxylic acid groups (broad SMARTS) is 1. The zero-order valence-corrected chi connectivity index (χ0v) is 11.2. The van der Waals surface area contributed by atoms with Crippen LogP contribution < -0.4 is 5.32 Å². The molecule has 0 atom stereocenters. The van der Waals surface area contributed by atoms with Gasteiger partial charge in [0.25, 0.3) is 0 Å². The van der Waals surface area contributed by atoms with Gasteiger partial charge in [0.05, 0.1) is 12.1 Å². The van der Waals surface area contributed by atoms with E-state index in [0.717, 1.165) is 17.1 Å². The zero-order valence-electron chi connectivity index (χ0n) is 9.61. The number of aryl methyl sites for hydroxylation is 1. The van der Waals surface area contributed by atoms with Crippen LogP contribution in [0.15, 0.2) is 33.3 Å². The van der Waals surface area contributed by atoms with E-state index in [1.165, 1.54) is 0 Å². The number of aromatic nitrogens is 1. The van der Waals surface area contributed by atoms with E-state index in [9.17, 15) is 4.79 Å². The second-order valence-electron chi connectivity index (χ2n) is 3.78. The zero-order chi connectivity index (χ0) is 13.1. The summed E-state index contributed by atoms with van der Waals surface area (Å²) in [6.45, 7) is 2.35. The van der Waals surface area contributed by atoms with Crippen LogP contribution >= 0.6 is 15.9 Å². The molecule has 0 spiro atoms. The van der Waals surface area contributed by atoms with Crippen molar-refractivity contribution in [2.24, 2.45) is 0 Å². The van der Waals surface area contributed by atoms with Gasteiger partial charge in [-0.15, -0.1) is 0 Å². The summed E-state index contributed by atoms with van der Waals surface area (Å²) in [5.41, 5.74) is 1.84. The highest BCUT2D eigenvalue weighted by molar-refractivity contribution is 9.10. The second-order valence-corrected chi connectivity index (χ2v) is 4.64. The summed E-state index contributed by atoms with van der Waals surface area (Å²) in [5.74, 6) is -0.199. The Morgan fingerprint density at radius 2 is 2.28 bits per heavy atom. The van der Waals surface area contributed by atoms with Crippen molar-refractivity contribution in [3.8, 4) is 0 Å². The quantitative estimate of drug-likeness (QED) is 0.907. The molecule has 0 saturated carbocycles. The summed E-state index contributed by atoms with van der Waals surface area (Å²) < 4.78 is 5.49. The standard InChI is InChI=1S/C12H11BrN2O3/c1-7-4-9(15-18-7)6-14-8-2-3-10(12(16)17)11(13)5-8/h2-5,14H,6H2,1H3,(H,16,17). The minimum absolute atomic E-state index is 0.234. The Hall–Kier alpha value is -1.82. The SMILES string of the molecule is Cc1cc(CNc2ccc(C(=O)O)c(Br)c2)no1. The van der Waals surface area contributed by atoms with Crippen molar-refractivity contribution in [3.63, 3.8) is 0 Å². The molecule has 0 amide bonds. The van der Waals surface area contributed by atoms with Crippen molar-refractivity contribution >= 4 is 27.6 Å². The molecule has 1 heterocycles. The molecule has 5 nitrogen and oxygen atoms in total. The van der Waals surface area contributed by atoms with Crippen molar-refractivity contribution in [1.82, 2.24) is 5.16 Å². The van der Waals surface area contributed by atoms with Gasteiger partial charge in [0.15, 0.2) is 0 Å². The van der Waals surface area contributed by atoms with Gasteiger partial charge >= 0.3 is 5.97 Å². The molecule has 0 radical (unpaired) electrons. The van der Waals surface area contributed by atoms with E-state index in [-0.39, 0.29) is 5.56 Å². The molecule has 1 aromatic heterocycles. The lowest BCUT2D eigenvalue weighted by atomic mass is 10.2. The van der Waals surface area contributed by atoms with E-state index < -0.39 is 5.97 Å². The molecule has 2 rings (SSSR count). The summed E-state index contributed by atoms with van der Waals surface area (Å²) in [4.78, 5) is 10.8. The van der Waals surface area contributed by atoms with E-state index in [1.807, 2.05) is 13.0 Å². The van der Waals surface area contributed by atoms with Crippen molar-refractivity contribution in [1.29, 1.82) is 0 Å². The monoisotopic (exact) mass is 310 g/mol. The predicted molar refractivity (Wildman–Crippen MR) is 69.7 cm³/mol. The maximum Gasteiger partial charge on any atom is 0.336 e. The van der Waals surface area contributed by atoms with E-state index in [2.05, 4.69) is 26.4 Å². The smallest absolute Gasteiger partial charge is 0.336 e. The largest absolute Gasteiger partial charge is 0.478 e. The van der Waals surface area contributed by atoms with Gasteiger partial charge < -0.3 is 14.9 Å². The van der Waals surface area contributed by atoms with Crippen LogP contribution in [0.4, 0.5) is 5.69 Å². The maximum atomic E-state index is 10.8. The Morgan fingerprint density at radius 3 is 2.83 bits per heavy atom. The highest BCUT2D eigenvalue weighted by Crippen LogP contribution is 2.22. The Balaban J connectivity index is 2.06. The number of hydrogen-bond donors (Lipinski definition) is 2. The second kappa shape index (κ2) is 5.22. The number of nitrogens with zero attached hydrogens (tertiary/aromatic N) is 1. The summed E-state index contributed by atoms with van der Waals surface area (Å²) in [6, 6.07) is 6.81. The van der Waals surface area contributed by atoms with Gasteiger partial charge in [-0.05, 0) is 41.1 Å². The number of nitrogens with one attached hydrogen (secondary N) is 1. The summed E-state index contributed by atoms with van der Waals surface area (Å²) in [5, 5.41) is 15.9. The molecule has 0 unspecified atom stereocenters. The molecule has 6 heteroatoms. The van der Waals surface area contributed by atoms with Gasteiger partial charge in [0.1, 0.15) is 11.5 Å². The summed E-state index contributed by atoms with van der Waals surface area (Å²) in [7, 11) is 0. The van der Waals surface area contributed by atoms with Gasteiger partial charge in [-0.2, -0.15) is 0 Å². The van der Waals surface area contributed by atoms with Crippen LogP contribution in [-0.4, -0.2) is 16.2 Å². The lowest BCUT2D eigenvalue weighted by Crippen LogP contribution is -2.02. The number of hydrogen-bond acceptors (Lipinski definition) is 4. The summed E-state index contributed by atoms with van der Waals surface area (Å²) in [6.07, 6.45) is 0. The fraction of sp³-hybridized carbons (Fsp3) is 0.167. The van der Waals surface area contributed by atoms with Crippen molar-refractivity contribution in [2.75, 3.05) is 5.32 Å². The lowest BCUT2D eigenvalue weighted by molar-refractivity contribution is 0.0696. The molecule has 0 fully saturated rings. The Bertz CT molecular complexity index is 580. The van der Waals surface area contributed by atoms with Crippen molar-refractivity contribution in [3.05, 3.63) is 45.8 Å². The normalized spacial score (nSPS) is 10.3. The average molecular weight is 311 g/mol. The number of carbonyl (C=O) groups is 1. The highest BCUT2D eigenvalue weighted by Gasteiger charge is 2.08. The first-order chi connectivity index (χ1) is 8.56. The van der Waals surface area contributed by atoms with Crippen LogP contribution in [0.2, 0.25) is 0 Å². The molecule has 0 saturated heterocycles. The van der Waals surface area contributed by atoms with E-state index in [4.69, 9.17) is 9.63 Å². The average Bonchev–Trinajstić information content (AvgIpc) is 2.72. The van der Waals surface area contributed by atoms with Crippen LogP contribution in [0.1, 0.15) is 21.8 Å². The fourth-order valence-electron chi connectivity index (χ4n) is 1.49. The maximum absolute atomic E-state index is 10.8. The number of benzene rings is 1. The third kappa shape index (κ3) is 2.89. The van der Waals surface area contributed by atoms with Crippen LogP contribution in [0.5, 0.6) is 0 Å². The first kappa shape index (κ1) is 12.6.